The molecule has 1 saturated heterocycles. The molecule has 0 spiro atoms. The first kappa shape index (κ1) is 21.4. The zero-order chi connectivity index (χ0) is 20.6. The van der Waals surface area contributed by atoms with Crippen molar-refractivity contribution in [3.63, 3.8) is 0 Å². The quantitative estimate of drug-likeness (QED) is 0.614. The average molecular weight is 403 g/mol. The molecule has 158 valence electrons. The van der Waals surface area contributed by atoms with Crippen molar-refractivity contribution >= 4 is 5.91 Å². The molecule has 3 N–H and O–H groups in total. The Morgan fingerprint density at radius 1 is 1.34 bits per heavy atom. The number of rotatable bonds is 7. The minimum Gasteiger partial charge on any atom is -0.490 e. The van der Waals surface area contributed by atoms with Crippen molar-refractivity contribution in [2.45, 2.75) is 31.8 Å². The number of aliphatic hydroxyl groups is 2. The number of β-amino-alcohol motifs (C(OH)–C–C–N with tert-alkyl or cyclic N) is 1. The van der Waals surface area contributed by atoms with Crippen molar-refractivity contribution in [1.82, 2.24) is 10.2 Å². The lowest BCUT2D eigenvalue weighted by Gasteiger charge is -2.36. The molecule has 0 aliphatic carbocycles. The van der Waals surface area contributed by atoms with Gasteiger partial charge in [0.2, 0.25) is 0 Å². The molecule has 1 aromatic rings. The molecule has 8 nitrogen and oxygen atoms in total. The number of nitrogens with one attached hydrogen (secondary N) is 1. The molecule has 2 aliphatic heterocycles. The van der Waals surface area contributed by atoms with Gasteiger partial charge in [-0.25, -0.2) is 0 Å². The molecule has 0 aromatic heterocycles. The molecular formula is C21H29N3O5. The highest BCUT2D eigenvalue weighted by atomic mass is 16.5. The van der Waals surface area contributed by atoms with E-state index in [1.54, 1.807) is 12.1 Å². The van der Waals surface area contributed by atoms with Crippen LogP contribution in [0, 0.1) is 17.2 Å². The molecule has 1 amide bonds. The van der Waals surface area contributed by atoms with Crippen molar-refractivity contribution in [3.05, 3.63) is 23.3 Å². The Hall–Kier alpha value is -2.34. The topological polar surface area (TPSA) is 115 Å². The van der Waals surface area contributed by atoms with Gasteiger partial charge in [0.05, 0.1) is 37.4 Å². The molecular weight excluding hydrogens is 374 g/mol. The summed E-state index contributed by atoms with van der Waals surface area (Å²) in [5.74, 6) is 0.600. The Kier molecular flexibility index (Phi) is 7.69. The Bertz CT molecular complexity index is 749. The molecule has 2 atom stereocenters. The molecule has 3 rings (SSSR count). The van der Waals surface area contributed by atoms with Crippen molar-refractivity contribution in [1.29, 1.82) is 5.26 Å². The minimum absolute atomic E-state index is 0.0256. The van der Waals surface area contributed by atoms with Crippen molar-refractivity contribution in [3.8, 4) is 17.6 Å². The molecule has 1 fully saturated rings. The first-order chi connectivity index (χ1) is 14.1. The van der Waals surface area contributed by atoms with Gasteiger partial charge in [-0.15, -0.1) is 0 Å². The number of hydrogen-bond acceptors (Lipinski definition) is 7. The number of nitrogens with zero attached hydrogens (tertiary/aromatic N) is 2. The van der Waals surface area contributed by atoms with Gasteiger partial charge in [-0.3, -0.25) is 4.79 Å². The molecule has 8 heteroatoms. The van der Waals surface area contributed by atoms with Crippen LogP contribution in [0.2, 0.25) is 0 Å². The Morgan fingerprint density at radius 3 is 2.93 bits per heavy atom. The number of fused-ring (bicyclic) bond motifs is 1. The van der Waals surface area contributed by atoms with Gasteiger partial charge in [-0.2, -0.15) is 5.26 Å². The van der Waals surface area contributed by atoms with Crippen LogP contribution >= 0.6 is 0 Å². The highest BCUT2D eigenvalue weighted by Gasteiger charge is 2.28. The largest absolute Gasteiger partial charge is 0.490 e. The van der Waals surface area contributed by atoms with Gasteiger partial charge < -0.3 is 29.9 Å². The van der Waals surface area contributed by atoms with E-state index in [0.717, 1.165) is 25.9 Å². The maximum atomic E-state index is 12.9. The molecule has 0 bridgehead atoms. The van der Waals surface area contributed by atoms with Crippen LogP contribution in [0.25, 0.3) is 0 Å². The van der Waals surface area contributed by atoms with Gasteiger partial charge in [-0.1, -0.05) is 0 Å². The maximum Gasteiger partial charge on any atom is 0.255 e. The third kappa shape index (κ3) is 5.60. The van der Waals surface area contributed by atoms with Crippen molar-refractivity contribution < 1.29 is 24.5 Å². The number of hydrogen-bond donors (Lipinski definition) is 3. The fourth-order valence-corrected chi connectivity index (χ4v) is 3.79. The van der Waals surface area contributed by atoms with E-state index >= 15 is 0 Å². The first-order valence-corrected chi connectivity index (χ1v) is 10.2. The van der Waals surface area contributed by atoms with Gasteiger partial charge in [0.1, 0.15) is 0 Å². The fourth-order valence-electron chi connectivity index (χ4n) is 3.79. The van der Waals surface area contributed by atoms with Gasteiger partial charge >= 0.3 is 0 Å². The van der Waals surface area contributed by atoms with Crippen LogP contribution in [0.3, 0.4) is 0 Å². The van der Waals surface area contributed by atoms with E-state index < -0.39 is 6.10 Å². The lowest BCUT2D eigenvalue weighted by Crippen LogP contribution is -2.48. The highest BCUT2D eigenvalue weighted by molar-refractivity contribution is 5.98. The van der Waals surface area contributed by atoms with Crippen LogP contribution in [-0.4, -0.2) is 73.1 Å². The van der Waals surface area contributed by atoms with E-state index in [4.69, 9.17) is 19.8 Å². The highest BCUT2D eigenvalue weighted by Crippen LogP contribution is 2.35. The van der Waals surface area contributed by atoms with Gasteiger partial charge in [0, 0.05) is 38.6 Å². The van der Waals surface area contributed by atoms with Crippen LogP contribution in [0.5, 0.6) is 11.5 Å². The van der Waals surface area contributed by atoms with E-state index in [2.05, 4.69) is 16.3 Å². The number of carbonyl (C=O) groups is 1. The predicted molar refractivity (Wildman–Crippen MR) is 106 cm³/mol. The van der Waals surface area contributed by atoms with Gasteiger partial charge in [0.25, 0.3) is 5.91 Å². The summed E-state index contributed by atoms with van der Waals surface area (Å²) < 4.78 is 11.5. The van der Waals surface area contributed by atoms with E-state index in [0.29, 0.717) is 55.4 Å². The molecule has 2 heterocycles. The number of carbonyl (C=O) groups excluding carboxylic acids is 1. The van der Waals surface area contributed by atoms with E-state index in [9.17, 15) is 9.90 Å². The predicted octanol–water partition coefficient (Wildman–Crippen LogP) is 0.709. The van der Waals surface area contributed by atoms with Crippen LogP contribution in [0.4, 0.5) is 0 Å². The second kappa shape index (κ2) is 10.4. The van der Waals surface area contributed by atoms with Crippen LogP contribution in [0.1, 0.15) is 35.2 Å². The molecule has 2 aliphatic rings. The number of aliphatic hydroxyl groups excluding tert-OH is 2. The third-order valence-corrected chi connectivity index (χ3v) is 5.40. The number of nitriles is 1. The van der Waals surface area contributed by atoms with Gasteiger partial charge in [-0.05, 0) is 37.1 Å². The summed E-state index contributed by atoms with van der Waals surface area (Å²) in [6, 6.07) is 5.54. The lowest BCUT2D eigenvalue weighted by atomic mass is 9.93. The Balaban J connectivity index is 1.65. The average Bonchev–Trinajstić information content (AvgIpc) is 2.96. The number of benzene rings is 1. The Labute approximate surface area is 171 Å². The molecule has 0 saturated carbocycles. The van der Waals surface area contributed by atoms with E-state index in [1.165, 1.54) is 0 Å². The summed E-state index contributed by atoms with van der Waals surface area (Å²) in [5.41, 5.74) is 1.07. The third-order valence-electron chi connectivity index (χ3n) is 5.40. The van der Waals surface area contributed by atoms with Crippen molar-refractivity contribution in [2.24, 2.45) is 5.92 Å². The molecule has 0 radical (unpaired) electrons. The molecule has 29 heavy (non-hydrogen) atoms. The summed E-state index contributed by atoms with van der Waals surface area (Å²) in [6.07, 6.45) is 1.86. The summed E-state index contributed by atoms with van der Waals surface area (Å²) >= 11 is 0. The lowest BCUT2D eigenvalue weighted by molar-refractivity contribution is 0.0201. The number of ether oxygens (including phenoxy) is 2. The normalized spacial score (nSPS) is 21.8. The zero-order valence-electron chi connectivity index (χ0n) is 16.6. The number of likely N-dealkylation sites (tertiary alicyclic amines) is 1. The first-order valence-electron chi connectivity index (χ1n) is 10.2. The van der Waals surface area contributed by atoms with Crippen molar-refractivity contribution in [2.75, 3.05) is 46.0 Å². The fraction of sp³-hybridized carbons (Fsp3) is 0.619. The minimum atomic E-state index is -0.524. The van der Waals surface area contributed by atoms with Crippen LogP contribution < -0.4 is 14.8 Å². The van der Waals surface area contributed by atoms with E-state index in [-0.39, 0.29) is 24.9 Å². The zero-order valence-corrected chi connectivity index (χ0v) is 16.6. The molecule has 1 aromatic carbocycles. The second-order valence-corrected chi connectivity index (χ2v) is 7.56. The van der Waals surface area contributed by atoms with Crippen LogP contribution in [-0.2, 0) is 6.42 Å². The molecule has 1 unspecified atom stereocenters. The summed E-state index contributed by atoms with van der Waals surface area (Å²) in [4.78, 5) is 15.0. The smallest absolute Gasteiger partial charge is 0.255 e. The SMILES string of the molecule is N#CCc1cc2c(c(C(=O)NC[C@@H]3CCN(CCCO)CC3O)c1)OCCCO2. The summed E-state index contributed by atoms with van der Waals surface area (Å²) in [7, 11) is 0. The monoisotopic (exact) mass is 403 g/mol. The van der Waals surface area contributed by atoms with Crippen LogP contribution in [0.15, 0.2) is 12.1 Å². The van der Waals surface area contributed by atoms with E-state index in [1.807, 2.05) is 0 Å². The summed E-state index contributed by atoms with van der Waals surface area (Å²) in [5, 5.41) is 31.3. The Morgan fingerprint density at radius 2 is 2.17 bits per heavy atom. The van der Waals surface area contributed by atoms with Gasteiger partial charge in [0.15, 0.2) is 11.5 Å². The number of piperidine rings is 1. The number of amides is 1. The standard InChI is InChI=1S/C21H29N3O5/c22-5-3-15-11-17(20-19(12-15)28-9-2-10-29-20)21(27)23-13-16-4-7-24(6-1-8-25)14-18(16)26/h11-12,16,18,25-26H,1-4,6-10,13-14H2,(H,23,27)/t16-,18?/m0/s1. The summed E-state index contributed by atoms with van der Waals surface area (Å²) in [6.45, 7) is 3.63. The maximum absolute atomic E-state index is 12.9. The second-order valence-electron chi connectivity index (χ2n) is 7.56.